The largest absolute Gasteiger partial charge is 0.478 e. The number of aromatic nitrogens is 2. The summed E-state index contributed by atoms with van der Waals surface area (Å²) in [6.07, 6.45) is 4.35. The number of thioether (sulfide) groups is 1. The van der Waals surface area contributed by atoms with Crippen LogP contribution < -0.4 is 10.1 Å². The molecule has 4 nitrogen and oxygen atoms in total. The van der Waals surface area contributed by atoms with E-state index in [0.29, 0.717) is 23.7 Å². The zero-order valence-corrected chi connectivity index (χ0v) is 10.3. The smallest absolute Gasteiger partial charge is 0.225 e. The summed E-state index contributed by atoms with van der Waals surface area (Å²) in [6, 6.07) is 1.78. The van der Waals surface area contributed by atoms with E-state index in [0.717, 1.165) is 6.54 Å². The van der Waals surface area contributed by atoms with Gasteiger partial charge in [-0.25, -0.2) is 4.98 Å². The second-order valence-electron chi connectivity index (χ2n) is 3.67. The monoisotopic (exact) mass is 239 g/mol. The second kappa shape index (κ2) is 5.94. The summed E-state index contributed by atoms with van der Waals surface area (Å²) in [5.74, 6) is 2.59. The first-order valence-electron chi connectivity index (χ1n) is 5.70. The standard InChI is InChI=1S/C11H17N3OS/c1-2-15-10-5-6-12-11(14-10)13-8-9-4-3-7-16-9/h5-6,9H,2-4,7-8H2,1H3,(H,12,13,14). The zero-order chi connectivity index (χ0) is 11.2. The molecule has 0 amide bonds. The van der Waals surface area contributed by atoms with Crippen molar-refractivity contribution in [2.24, 2.45) is 0 Å². The molecule has 0 spiro atoms. The average molecular weight is 239 g/mol. The molecule has 0 aromatic carbocycles. The van der Waals surface area contributed by atoms with Gasteiger partial charge in [0.05, 0.1) is 6.61 Å². The van der Waals surface area contributed by atoms with Crippen LogP contribution in [0.5, 0.6) is 5.88 Å². The van der Waals surface area contributed by atoms with Gasteiger partial charge in [0.1, 0.15) is 0 Å². The summed E-state index contributed by atoms with van der Waals surface area (Å²) in [6.45, 7) is 3.53. The van der Waals surface area contributed by atoms with Gasteiger partial charge in [-0.3, -0.25) is 0 Å². The van der Waals surface area contributed by atoms with E-state index < -0.39 is 0 Å². The number of nitrogens with one attached hydrogen (secondary N) is 1. The van der Waals surface area contributed by atoms with Crippen molar-refractivity contribution in [3.05, 3.63) is 12.3 Å². The van der Waals surface area contributed by atoms with Crippen LogP contribution in [-0.2, 0) is 0 Å². The van der Waals surface area contributed by atoms with E-state index in [-0.39, 0.29) is 0 Å². The molecule has 5 heteroatoms. The Labute approximate surface area is 100 Å². The van der Waals surface area contributed by atoms with Crippen molar-refractivity contribution in [2.75, 3.05) is 24.2 Å². The molecular weight excluding hydrogens is 222 g/mol. The van der Waals surface area contributed by atoms with Gasteiger partial charge in [0.25, 0.3) is 0 Å². The van der Waals surface area contributed by atoms with Crippen LogP contribution in [0.1, 0.15) is 19.8 Å². The third-order valence-electron chi connectivity index (χ3n) is 2.43. The maximum Gasteiger partial charge on any atom is 0.225 e. The minimum atomic E-state index is 0.634. The summed E-state index contributed by atoms with van der Waals surface area (Å²) in [5.41, 5.74) is 0. The fourth-order valence-corrected chi connectivity index (χ4v) is 2.87. The lowest BCUT2D eigenvalue weighted by molar-refractivity contribution is 0.326. The average Bonchev–Trinajstić information content (AvgIpc) is 2.80. The maximum atomic E-state index is 5.32. The molecule has 0 bridgehead atoms. The Balaban J connectivity index is 1.85. The predicted molar refractivity (Wildman–Crippen MR) is 67.2 cm³/mol. The van der Waals surface area contributed by atoms with Gasteiger partial charge in [-0.05, 0) is 25.5 Å². The molecule has 2 heterocycles. The highest BCUT2D eigenvalue weighted by atomic mass is 32.2. The third-order valence-corrected chi connectivity index (χ3v) is 3.83. The summed E-state index contributed by atoms with van der Waals surface area (Å²) in [7, 11) is 0. The van der Waals surface area contributed by atoms with E-state index in [2.05, 4.69) is 15.3 Å². The lowest BCUT2D eigenvalue weighted by atomic mass is 10.2. The SMILES string of the molecule is CCOc1ccnc(NCC2CCCS2)n1. The van der Waals surface area contributed by atoms with Crippen LogP contribution in [0.25, 0.3) is 0 Å². The van der Waals surface area contributed by atoms with E-state index >= 15 is 0 Å². The molecule has 0 radical (unpaired) electrons. The van der Waals surface area contributed by atoms with Crippen molar-refractivity contribution in [1.82, 2.24) is 9.97 Å². The Bertz CT molecular complexity index is 329. The normalized spacial score (nSPS) is 19.7. The Morgan fingerprint density at radius 3 is 3.31 bits per heavy atom. The number of rotatable bonds is 5. The van der Waals surface area contributed by atoms with Crippen LogP contribution >= 0.6 is 11.8 Å². The first-order chi connectivity index (χ1) is 7.88. The van der Waals surface area contributed by atoms with E-state index in [1.54, 1.807) is 12.3 Å². The molecule has 1 aliphatic heterocycles. The highest BCUT2D eigenvalue weighted by molar-refractivity contribution is 8.00. The topological polar surface area (TPSA) is 47.0 Å². The van der Waals surface area contributed by atoms with E-state index in [1.807, 2.05) is 18.7 Å². The maximum absolute atomic E-state index is 5.32. The lowest BCUT2D eigenvalue weighted by Crippen LogP contribution is -2.15. The summed E-state index contributed by atoms with van der Waals surface area (Å²) < 4.78 is 5.32. The Kier molecular flexibility index (Phi) is 4.27. The second-order valence-corrected chi connectivity index (χ2v) is 5.08. The van der Waals surface area contributed by atoms with Crippen LogP contribution in [0.15, 0.2) is 12.3 Å². The fraction of sp³-hybridized carbons (Fsp3) is 0.636. The van der Waals surface area contributed by atoms with Crippen molar-refractivity contribution in [2.45, 2.75) is 25.0 Å². The molecule has 2 rings (SSSR count). The van der Waals surface area contributed by atoms with Gasteiger partial charge in [-0.2, -0.15) is 16.7 Å². The van der Waals surface area contributed by atoms with Crippen LogP contribution in [0.3, 0.4) is 0 Å². The molecule has 1 fully saturated rings. The first kappa shape index (κ1) is 11.5. The molecule has 1 aromatic rings. The molecule has 88 valence electrons. The minimum absolute atomic E-state index is 0.634. The highest BCUT2D eigenvalue weighted by Crippen LogP contribution is 2.25. The van der Waals surface area contributed by atoms with Crippen LogP contribution in [0, 0.1) is 0 Å². The van der Waals surface area contributed by atoms with Gasteiger partial charge >= 0.3 is 0 Å². The number of ether oxygens (including phenoxy) is 1. The lowest BCUT2D eigenvalue weighted by Gasteiger charge is -2.10. The Morgan fingerprint density at radius 1 is 1.62 bits per heavy atom. The van der Waals surface area contributed by atoms with Gasteiger partial charge in [-0.15, -0.1) is 0 Å². The number of hydrogen-bond acceptors (Lipinski definition) is 5. The van der Waals surface area contributed by atoms with Crippen molar-refractivity contribution in [3.63, 3.8) is 0 Å². The number of hydrogen-bond donors (Lipinski definition) is 1. The molecular formula is C11H17N3OS. The Hall–Kier alpha value is -0.970. The predicted octanol–water partition coefficient (Wildman–Crippen LogP) is 2.18. The summed E-state index contributed by atoms with van der Waals surface area (Å²) in [5, 5.41) is 3.97. The van der Waals surface area contributed by atoms with Crippen molar-refractivity contribution >= 4 is 17.7 Å². The summed E-state index contributed by atoms with van der Waals surface area (Å²) >= 11 is 2.03. The minimum Gasteiger partial charge on any atom is -0.478 e. The van der Waals surface area contributed by atoms with Gasteiger partial charge in [0, 0.05) is 24.1 Å². The van der Waals surface area contributed by atoms with Crippen molar-refractivity contribution in [1.29, 1.82) is 0 Å². The van der Waals surface area contributed by atoms with E-state index in [1.165, 1.54) is 18.6 Å². The van der Waals surface area contributed by atoms with Crippen LogP contribution in [0.2, 0.25) is 0 Å². The molecule has 1 aromatic heterocycles. The Morgan fingerprint density at radius 2 is 2.56 bits per heavy atom. The third kappa shape index (κ3) is 3.27. The van der Waals surface area contributed by atoms with E-state index in [9.17, 15) is 0 Å². The molecule has 1 atom stereocenters. The molecule has 0 saturated carbocycles. The quantitative estimate of drug-likeness (QED) is 0.853. The van der Waals surface area contributed by atoms with Crippen molar-refractivity contribution in [3.8, 4) is 5.88 Å². The molecule has 0 aliphatic carbocycles. The first-order valence-corrected chi connectivity index (χ1v) is 6.74. The molecule has 1 N–H and O–H groups in total. The van der Waals surface area contributed by atoms with Crippen LogP contribution in [-0.4, -0.2) is 34.1 Å². The fourth-order valence-electron chi connectivity index (χ4n) is 1.67. The van der Waals surface area contributed by atoms with E-state index in [4.69, 9.17) is 4.74 Å². The van der Waals surface area contributed by atoms with Gasteiger partial charge in [0.15, 0.2) is 0 Å². The van der Waals surface area contributed by atoms with Gasteiger partial charge in [0.2, 0.25) is 11.8 Å². The highest BCUT2D eigenvalue weighted by Gasteiger charge is 2.15. The van der Waals surface area contributed by atoms with Crippen LogP contribution in [0.4, 0.5) is 5.95 Å². The van der Waals surface area contributed by atoms with Gasteiger partial charge in [-0.1, -0.05) is 0 Å². The molecule has 1 saturated heterocycles. The van der Waals surface area contributed by atoms with Crippen molar-refractivity contribution < 1.29 is 4.74 Å². The molecule has 1 unspecified atom stereocenters. The number of nitrogens with zero attached hydrogens (tertiary/aromatic N) is 2. The molecule has 1 aliphatic rings. The van der Waals surface area contributed by atoms with Gasteiger partial charge < -0.3 is 10.1 Å². The summed E-state index contributed by atoms with van der Waals surface area (Å²) in [4.78, 5) is 8.44. The zero-order valence-electron chi connectivity index (χ0n) is 9.48. The number of anilines is 1. The molecule has 16 heavy (non-hydrogen) atoms.